The lowest BCUT2D eigenvalue weighted by molar-refractivity contribution is -0.118. The van der Waals surface area contributed by atoms with Gasteiger partial charge in [0.2, 0.25) is 5.91 Å². The zero-order valence-electron chi connectivity index (χ0n) is 7.38. The standard InChI is InChI=1S/C8H16N2OS/c1-10-8(11)5-12-7-4-2-3-6(7)9/h6-7H,2-5,9H2,1H3,(H,10,11). The maximum absolute atomic E-state index is 10.9. The Labute approximate surface area is 77.5 Å². The highest BCUT2D eigenvalue weighted by atomic mass is 32.2. The summed E-state index contributed by atoms with van der Waals surface area (Å²) in [7, 11) is 1.66. The Morgan fingerprint density at radius 3 is 2.92 bits per heavy atom. The minimum absolute atomic E-state index is 0.0964. The molecular weight excluding hydrogens is 172 g/mol. The molecule has 0 heterocycles. The van der Waals surface area contributed by atoms with Gasteiger partial charge in [-0.05, 0) is 12.8 Å². The number of carbonyl (C=O) groups excluding carboxylic acids is 1. The molecule has 0 spiro atoms. The molecule has 3 N–H and O–H groups in total. The quantitative estimate of drug-likeness (QED) is 0.672. The molecule has 0 aromatic carbocycles. The summed E-state index contributed by atoms with van der Waals surface area (Å²) in [5.74, 6) is 0.647. The second kappa shape index (κ2) is 4.72. The fraction of sp³-hybridized carbons (Fsp3) is 0.875. The van der Waals surface area contributed by atoms with Gasteiger partial charge in [-0.2, -0.15) is 0 Å². The van der Waals surface area contributed by atoms with Crippen molar-refractivity contribution in [2.24, 2.45) is 5.73 Å². The SMILES string of the molecule is CNC(=O)CSC1CCCC1N. The molecule has 3 nitrogen and oxygen atoms in total. The van der Waals surface area contributed by atoms with Crippen molar-refractivity contribution in [2.45, 2.75) is 30.6 Å². The third kappa shape index (κ3) is 2.68. The van der Waals surface area contributed by atoms with E-state index in [-0.39, 0.29) is 5.91 Å². The molecule has 0 saturated heterocycles. The molecular formula is C8H16N2OS. The molecule has 2 unspecified atom stereocenters. The second-order valence-corrected chi connectivity index (χ2v) is 4.34. The van der Waals surface area contributed by atoms with Crippen LogP contribution in [0.2, 0.25) is 0 Å². The van der Waals surface area contributed by atoms with Gasteiger partial charge >= 0.3 is 0 Å². The molecule has 0 aliphatic heterocycles. The smallest absolute Gasteiger partial charge is 0.229 e. The summed E-state index contributed by atoms with van der Waals surface area (Å²) in [5, 5.41) is 3.11. The van der Waals surface area contributed by atoms with Crippen LogP contribution in [0.5, 0.6) is 0 Å². The van der Waals surface area contributed by atoms with E-state index in [4.69, 9.17) is 5.73 Å². The van der Waals surface area contributed by atoms with Crippen LogP contribution in [0.1, 0.15) is 19.3 Å². The minimum Gasteiger partial charge on any atom is -0.358 e. The molecule has 0 radical (unpaired) electrons. The fourth-order valence-electron chi connectivity index (χ4n) is 1.42. The Bertz CT molecular complexity index is 163. The molecule has 1 aliphatic carbocycles. The Morgan fingerprint density at radius 1 is 1.67 bits per heavy atom. The number of nitrogens with one attached hydrogen (secondary N) is 1. The first kappa shape index (κ1) is 9.86. The highest BCUT2D eigenvalue weighted by molar-refractivity contribution is 8.00. The maximum Gasteiger partial charge on any atom is 0.229 e. The molecule has 70 valence electrons. The molecule has 4 heteroatoms. The molecule has 2 atom stereocenters. The Kier molecular flexibility index (Phi) is 3.88. The third-order valence-corrected chi connectivity index (χ3v) is 3.65. The van der Waals surface area contributed by atoms with Crippen molar-refractivity contribution >= 4 is 17.7 Å². The van der Waals surface area contributed by atoms with Crippen LogP contribution in [0.25, 0.3) is 0 Å². The first-order chi connectivity index (χ1) is 5.74. The number of rotatable bonds is 3. The molecule has 1 rings (SSSR count). The summed E-state index contributed by atoms with van der Waals surface area (Å²) in [6.07, 6.45) is 3.50. The van der Waals surface area contributed by atoms with E-state index in [1.54, 1.807) is 18.8 Å². The van der Waals surface area contributed by atoms with E-state index < -0.39 is 0 Å². The minimum atomic E-state index is 0.0964. The van der Waals surface area contributed by atoms with Crippen molar-refractivity contribution < 1.29 is 4.79 Å². The number of hydrogen-bond donors (Lipinski definition) is 2. The lowest BCUT2D eigenvalue weighted by Crippen LogP contribution is -2.29. The lowest BCUT2D eigenvalue weighted by Gasteiger charge is -2.13. The summed E-state index contributed by atoms with van der Waals surface area (Å²) in [5.41, 5.74) is 5.85. The Hall–Kier alpha value is -0.220. The highest BCUT2D eigenvalue weighted by Gasteiger charge is 2.24. The first-order valence-corrected chi connectivity index (χ1v) is 5.36. The molecule has 1 saturated carbocycles. The summed E-state index contributed by atoms with van der Waals surface area (Å²) < 4.78 is 0. The van der Waals surface area contributed by atoms with Gasteiger partial charge in [0.15, 0.2) is 0 Å². The van der Waals surface area contributed by atoms with Crippen molar-refractivity contribution in [2.75, 3.05) is 12.8 Å². The van der Waals surface area contributed by atoms with Crippen LogP contribution in [0, 0.1) is 0 Å². The van der Waals surface area contributed by atoms with Gasteiger partial charge in [0.25, 0.3) is 0 Å². The number of thioether (sulfide) groups is 1. The van der Waals surface area contributed by atoms with Gasteiger partial charge in [-0.1, -0.05) is 6.42 Å². The molecule has 12 heavy (non-hydrogen) atoms. The van der Waals surface area contributed by atoms with Crippen molar-refractivity contribution in [3.05, 3.63) is 0 Å². The Morgan fingerprint density at radius 2 is 2.42 bits per heavy atom. The molecule has 0 aromatic rings. The van der Waals surface area contributed by atoms with Gasteiger partial charge in [-0.3, -0.25) is 4.79 Å². The maximum atomic E-state index is 10.9. The zero-order valence-corrected chi connectivity index (χ0v) is 8.19. The van der Waals surface area contributed by atoms with Crippen molar-refractivity contribution in [3.8, 4) is 0 Å². The van der Waals surface area contributed by atoms with Gasteiger partial charge < -0.3 is 11.1 Å². The number of hydrogen-bond acceptors (Lipinski definition) is 3. The van der Waals surface area contributed by atoms with E-state index in [1.807, 2.05) is 0 Å². The first-order valence-electron chi connectivity index (χ1n) is 4.32. The third-order valence-electron chi connectivity index (χ3n) is 2.21. The predicted molar refractivity (Wildman–Crippen MR) is 52.1 cm³/mol. The van der Waals surface area contributed by atoms with Gasteiger partial charge in [-0.25, -0.2) is 0 Å². The molecule has 1 fully saturated rings. The number of carbonyl (C=O) groups is 1. The van der Waals surface area contributed by atoms with Crippen LogP contribution in [-0.2, 0) is 4.79 Å². The van der Waals surface area contributed by atoms with Crippen molar-refractivity contribution in [3.63, 3.8) is 0 Å². The topological polar surface area (TPSA) is 55.1 Å². The van der Waals surface area contributed by atoms with Crippen LogP contribution in [-0.4, -0.2) is 30.0 Å². The van der Waals surface area contributed by atoms with Crippen LogP contribution in [0.4, 0.5) is 0 Å². The lowest BCUT2D eigenvalue weighted by atomic mass is 10.3. The summed E-state index contributed by atoms with van der Waals surface area (Å²) in [4.78, 5) is 10.9. The van der Waals surface area contributed by atoms with Gasteiger partial charge in [-0.15, -0.1) is 11.8 Å². The van der Waals surface area contributed by atoms with Gasteiger partial charge in [0, 0.05) is 18.3 Å². The van der Waals surface area contributed by atoms with Gasteiger partial charge in [0.05, 0.1) is 5.75 Å². The average Bonchev–Trinajstić information content (AvgIpc) is 2.47. The van der Waals surface area contributed by atoms with Crippen LogP contribution < -0.4 is 11.1 Å². The van der Waals surface area contributed by atoms with Gasteiger partial charge in [0.1, 0.15) is 0 Å². The van der Waals surface area contributed by atoms with E-state index in [2.05, 4.69) is 5.32 Å². The van der Waals surface area contributed by atoms with E-state index >= 15 is 0 Å². The van der Waals surface area contributed by atoms with E-state index in [0.29, 0.717) is 17.0 Å². The molecule has 0 aromatic heterocycles. The zero-order chi connectivity index (χ0) is 8.97. The summed E-state index contributed by atoms with van der Waals surface area (Å²) >= 11 is 1.69. The molecule has 1 aliphatic rings. The molecule has 0 bridgehead atoms. The van der Waals surface area contributed by atoms with Crippen molar-refractivity contribution in [1.82, 2.24) is 5.32 Å². The highest BCUT2D eigenvalue weighted by Crippen LogP contribution is 2.28. The second-order valence-electron chi connectivity index (χ2n) is 3.12. The van der Waals surface area contributed by atoms with E-state index in [0.717, 1.165) is 6.42 Å². The normalized spacial score (nSPS) is 28.8. The Balaban J connectivity index is 2.18. The number of nitrogens with two attached hydrogens (primary N) is 1. The van der Waals surface area contributed by atoms with E-state index in [1.165, 1.54) is 12.8 Å². The van der Waals surface area contributed by atoms with Crippen molar-refractivity contribution in [1.29, 1.82) is 0 Å². The van der Waals surface area contributed by atoms with Crippen LogP contribution >= 0.6 is 11.8 Å². The van der Waals surface area contributed by atoms with Crippen LogP contribution in [0.3, 0.4) is 0 Å². The van der Waals surface area contributed by atoms with Crippen LogP contribution in [0.15, 0.2) is 0 Å². The number of amides is 1. The largest absolute Gasteiger partial charge is 0.358 e. The monoisotopic (exact) mass is 188 g/mol. The predicted octanol–water partition coefficient (Wildman–Crippen LogP) is 0.345. The average molecular weight is 188 g/mol. The summed E-state index contributed by atoms with van der Waals surface area (Å²) in [6.45, 7) is 0. The summed E-state index contributed by atoms with van der Waals surface area (Å²) in [6, 6.07) is 0.305. The fourth-order valence-corrected chi connectivity index (χ4v) is 2.64. The molecule has 1 amide bonds. The van der Waals surface area contributed by atoms with E-state index in [9.17, 15) is 4.79 Å².